The number of hydrogen-bond donors (Lipinski definition) is 5. The minimum absolute atomic E-state index is 0.237. The SMILES string of the molecule is O=C(Nc1cnc2[nH]c(CNc3cccc(NS(=O)(=O)O)c3)cc2c1)c1ccccc1Br. The van der Waals surface area contributed by atoms with Gasteiger partial charge in [0, 0.05) is 21.2 Å². The molecule has 0 aliphatic heterocycles. The molecule has 0 saturated carbocycles. The summed E-state index contributed by atoms with van der Waals surface area (Å²) >= 11 is 3.37. The predicted octanol–water partition coefficient (Wildman–Crippen LogP) is 4.40. The zero-order chi connectivity index (χ0) is 22.7. The number of hydrogen-bond acceptors (Lipinski definition) is 5. The van der Waals surface area contributed by atoms with Gasteiger partial charge in [-0.15, -0.1) is 0 Å². The van der Waals surface area contributed by atoms with Gasteiger partial charge in [0.15, 0.2) is 0 Å². The fourth-order valence-corrected chi connectivity index (χ4v) is 4.01. The van der Waals surface area contributed by atoms with E-state index in [9.17, 15) is 13.2 Å². The number of carbonyl (C=O) groups is 1. The maximum absolute atomic E-state index is 12.5. The molecule has 0 fully saturated rings. The van der Waals surface area contributed by atoms with Gasteiger partial charge in [-0.3, -0.25) is 14.1 Å². The first kappa shape index (κ1) is 21.8. The molecule has 164 valence electrons. The molecule has 0 spiro atoms. The van der Waals surface area contributed by atoms with E-state index in [0.717, 1.165) is 11.1 Å². The fraction of sp³-hybridized carbons (Fsp3) is 0.0476. The molecule has 2 heterocycles. The highest BCUT2D eigenvalue weighted by atomic mass is 79.9. The summed E-state index contributed by atoms with van der Waals surface area (Å²) < 4.78 is 33.6. The molecule has 0 aliphatic rings. The van der Waals surface area contributed by atoms with Crippen molar-refractivity contribution >= 4 is 60.2 Å². The van der Waals surface area contributed by atoms with Gasteiger partial charge in [0.05, 0.1) is 29.7 Å². The van der Waals surface area contributed by atoms with Gasteiger partial charge in [0.2, 0.25) is 0 Å². The van der Waals surface area contributed by atoms with Crippen molar-refractivity contribution in [3.63, 3.8) is 0 Å². The first-order valence-electron chi connectivity index (χ1n) is 9.39. The molecular weight excluding hydrogens is 498 g/mol. The lowest BCUT2D eigenvalue weighted by Crippen LogP contribution is -2.12. The van der Waals surface area contributed by atoms with Gasteiger partial charge in [0.25, 0.3) is 5.91 Å². The molecule has 0 unspecified atom stereocenters. The van der Waals surface area contributed by atoms with E-state index in [1.165, 1.54) is 6.07 Å². The van der Waals surface area contributed by atoms with E-state index < -0.39 is 10.3 Å². The van der Waals surface area contributed by atoms with Gasteiger partial charge in [-0.25, -0.2) is 4.98 Å². The van der Waals surface area contributed by atoms with Crippen molar-refractivity contribution < 1.29 is 17.8 Å². The largest absolute Gasteiger partial charge is 0.379 e. The Bertz CT molecular complexity index is 1400. The van der Waals surface area contributed by atoms with Crippen LogP contribution >= 0.6 is 15.9 Å². The second-order valence-electron chi connectivity index (χ2n) is 6.90. The quantitative estimate of drug-likeness (QED) is 0.231. The van der Waals surface area contributed by atoms with Crippen molar-refractivity contribution in [2.24, 2.45) is 0 Å². The molecule has 9 nitrogen and oxygen atoms in total. The van der Waals surface area contributed by atoms with Crippen molar-refractivity contribution in [3.05, 3.63) is 82.6 Å². The van der Waals surface area contributed by atoms with E-state index in [1.54, 1.807) is 42.6 Å². The molecule has 11 heteroatoms. The van der Waals surface area contributed by atoms with Crippen molar-refractivity contribution in [1.82, 2.24) is 9.97 Å². The highest BCUT2D eigenvalue weighted by molar-refractivity contribution is 9.10. The summed E-state index contributed by atoms with van der Waals surface area (Å²) in [6.07, 6.45) is 1.58. The number of carbonyl (C=O) groups excluding carboxylic acids is 1. The Balaban J connectivity index is 1.45. The monoisotopic (exact) mass is 515 g/mol. The molecule has 4 rings (SSSR count). The normalized spacial score (nSPS) is 11.3. The summed E-state index contributed by atoms with van der Waals surface area (Å²) in [5, 5.41) is 6.85. The van der Waals surface area contributed by atoms with Crippen LogP contribution in [0.3, 0.4) is 0 Å². The molecule has 0 saturated heterocycles. The summed E-state index contributed by atoms with van der Waals surface area (Å²) in [5.74, 6) is -0.241. The highest BCUT2D eigenvalue weighted by Gasteiger charge is 2.11. The lowest BCUT2D eigenvalue weighted by molar-refractivity contribution is 0.102. The lowest BCUT2D eigenvalue weighted by atomic mass is 10.2. The topological polar surface area (TPSA) is 136 Å². The number of aromatic nitrogens is 2. The second kappa shape index (κ2) is 8.99. The van der Waals surface area contributed by atoms with Crippen molar-refractivity contribution in [1.29, 1.82) is 0 Å². The molecule has 0 radical (unpaired) electrons. The number of rotatable bonds is 7. The Labute approximate surface area is 192 Å². The average Bonchev–Trinajstić information content (AvgIpc) is 3.14. The molecule has 1 amide bonds. The molecule has 2 aromatic heterocycles. The number of H-pyrrole nitrogens is 1. The Morgan fingerprint density at radius 1 is 1.03 bits per heavy atom. The van der Waals surface area contributed by atoms with Gasteiger partial charge in [-0.1, -0.05) is 18.2 Å². The Kier molecular flexibility index (Phi) is 6.12. The molecule has 0 bridgehead atoms. The van der Waals surface area contributed by atoms with Crippen LogP contribution in [0.2, 0.25) is 0 Å². The molecule has 32 heavy (non-hydrogen) atoms. The molecule has 0 aliphatic carbocycles. The Morgan fingerprint density at radius 2 is 1.81 bits per heavy atom. The van der Waals surface area contributed by atoms with Crippen LogP contribution in [-0.4, -0.2) is 28.8 Å². The van der Waals surface area contributed by atoms with Gasteiger partial charge in [-0.2, -0.15) is 8.42 Å². The van der Waals surface area contributed by atoms with Crippen LogP contribution in [0.1, 0.15) is 16.1 Å². The van der Waals surface area contributed by atoms with Gasteiger partial charge < -0.3 is 15.6 Å². The first-order chi connectivity index (χ1) is 15.3. The van der Waals surface area contributed by atoms with Gasteiger partial charge in [0.1, 0.15) is 5.65 Å². The van der Waals surface area contributed by atoms with Crippen LogP contribution in [0.25, 0.3) is 11.0 Å². The molecular formula is C21H18BrN5O4S. The third kappa shape index (κ3) is 5.44. The van der Waals surface area contributed by atoms with E-state index in [4.69, 9.17) is 4.55 Å². The van der Waals surface area contributed by atoms with Crippen LogP contribution in [0.5, 0.6) is 0 Å². The zero-order valence-electron chi connectivity index (χ0n) is 16.5. The van der Waals surface area contributed by atoms with E-state index in [0.29, 0.717) is 33.6 Å². The lowest BCUT2D eigenvalue weighted by Gasteiger charge is -2.08. The third-order valence-corrected chi connectivity index (χ3v) is 5.68. The molecule has 5 N–H and O–H groups in total. The number of nitrogens with one attached hydrogen (secondary N) is 4. The van der Waals surface area contributed by atoms with E-state index in [1.807, 2.05) is 22.9 Å². The predicted molar refractivity (Wildman–Crippen MR) is 127 cm³/mol. The zero-order valence-corrected chi connectivity index (χ0v) is 18.9. The van der Waals surface area contributed by atoms with E-state index in [-0.39, 0.29) is 11.6 Å². The Hall–Kier alpha value is -3.41. The second-order valence-corrected chi connectivity index (χ2v) is 8.91. The Morgan fingerprint density at radius 3 is 2.59 bits per heavy atom. The maximum Gasteiger partial charge on any atom is 0.357 e. The van der Waals surface area contributed by atoms with Crippen LogP contribution in [0, 0.1) is 0 Å². The minimum atomic E-state index is -4.34. The number of nitrogens with zero attached hydrogens (tertiary/aromatic N) is 1. The standard InChI is InChI=1S/C21H18BrN5O4S/c22-19-7-2-1-6-18(19)21(28)26-17-9-13-8-16(25-20(13)24-12-17)11-23-14-4-3-5-15(10-14)27-32(29,30)31/h1-10,12,23,27H,11H2,(H,24,25)(H,26,28)(H,29,30,31). The third-order valence-electron chi connectivity index (χ3n) is 4.49. The number of halogens is 1. The average molecular weight is 516 g/mol. The van der Waals surface area contributed by atoms with E-state index >= 15 is 0 Å². The summed E-state index contributed by atoms with van der Waals surface area (Å²) in [6.45, 7) is 0.421. The smallest absolute Gasteiger partial charge is 0.357 e. The summed E-state index contributed by atoms with van der Waals surface area (Å²) in [7, 11) is -4.34. The molecule has 0 atom stereocenters. The number of benzene rings is 2. The fourth-order valence-electron chi connectivity index (χ4n) is 3.12. The minimum Gasteiger partial charge on any atom is -0.379 e. The number of aromatic amines is 1. The first-order valence-corrected chi connectivity index (χ1v) is 11.6. The van der Waals surface area contributed by atoms with Crippen molar-refractivity contribution in [2.75, 3.05) is 15.4 Å². The van der Waals surface area contributed by atoms with Gasteiger partial charge in [-0.05, 0) is 58.4 Å². The number of pyridine rings is 1. The molecule has 4 aromatic rings. The van der Waals surface area contributed by atoms with Crippen molar-refractivity contribution in [3.8, 4) is 0 Å². The van der Waals surface area contributed by atoms with Crippen LogP contribution in [-0.2, 0) is 16.8 Å². The summed E-state index contributed by atoms with van der Waals surface area (Å²) in [6, 6.07) is 17.4. The van der Waals surface area contributed by atoms with Crippen LogP contribution in [0.15, 0.2) is 71.3 Å². The summed E-state index contributed by atoms with van der Waals surface area (Å²) in [5.41, 5.74) is 3.50. The van der Waals surface area contributed by atoms with E-state index in [2.05, 4.69) is 36.5 Å². The van der Waals surface area contributed by atoms with Crippen molar-refractivity contribution in [2.45, 2.75) is 6.54 Å². The maximum atomic E-state index is 12.5. The number of fused-ring (bicyclic) bond motifs is 1. The van der Waals surface area contributed by atoms with Crippen LogP contribution in [0.4, 0.5) is 17.1 Å². The van der Waals surface area contributed by atoms with Gasteiger partial charge >= 0.3 is 10.3 Å². The number of anilines is 3. The molecule has 2 aromatic carbocycles. The summed E-state index contributed by atoms with van der Waals surface area (Å²) in [4.78, 5) is 20.1. The number of amides is 1. The highest BCUT2D eigenvalue weighted by Crippen LogP contribution is 2.22. The van der Waals surface area contributed by atoms with Crippen LogP contribution < -0.4 is 15.4 Å².